The van der Waals surface area contributed by atoms with Gasteiger partial charge in [0.15, 0.2) is 0 Å². The van der Waals surface area contributed by atoms with E-state index in [-0.39, 0.29) is 12.0 Å². The Hall–Kier alpha value is -1.67. The smallest absolute Gasteiger partial charge is 0.302 e. The fourth-order valence-electron chi connectivity index (χ4n) is 4.15. The maximum Gasteiger partial charge on any atom is 0.474 e. The number of nitrogens with zero attached hydrogens (tertiary/aromatic N) is 1. The summed E-state index contributed by atoms with van der Waals surface area (Å²) >= 11 is 0. The molecule has 2 aromatic rings. The minimum atomic E-state index is -4.13. The summed E-state index contributed by atoms with van der Waals surface area (Å²) in [5.41, 5.74) is 1.47. The number of phosphoric acid groups is 1. The number of fused-ring (bicyclic) bond motifs is 2. The van der Waals surface area contributed by atoms with E-state index in [0.717, 1.165) is 19.5 Å². The molecule has 0 amide bonds. The Bertz CT molecular complexity index is 923. The second kappa shape index (κ2) is 6.49. The molecule has 4 atom stereocenters. The molecule has 1 aliphatic carbocycles. The number of phosphoric ester groups is 1. The van der Waals surface area contributed by atoms with Gasteiger partial charge in [-0.2, -0.15) is 0 Å². The zero-order valence-electron chi connectivity index (χ0n) is 14.7. The van der Waals surface area contributed by atoms with Gasteiger partial charge in [0.25, 0.3) is 0 Å². The van der Waals surface area contributed by atoms with Crippen LogP contribution in [0.4, 0.5) is 0 Å². The van der Waals surface area contributed by atoms with Crippen molar-refractivity contribution in [2.45, 2.75) is 25.0 Å². The van der Waals surface area contributed by atoms with Gasteiger partial charge in [0.1, 0.15) is 12.8 Å². The maximum absolute atomic E-state index is 11.9. The van der Waals surface area contributed by atoms with Gasteiger partial charge in [-0.25, -0.2) is 4.57 Å². The lowest BCUT2D eigenvalue weighted by molar-refractivity contribution is 0.0160. The molecule has 0 radical (unpaired) electrons. The minimum Gasteiger partial charge on any atom is -0.302 e. The topological polar surface area (TPSA) is 59.0 Å². The third-order valence-corrected chi connectivity index (χ3v) is 6.63. The van der Waals surface area contributed by atoms with Crippen LogP contribution in [0.25, 0.3) is 10.8 Å². The lowest BCUT2D eigenvalue weighted by atomic mass is 9.93. The lowest BCUT2D eigenvalue weighted by Gasteiger charge is -2.28. The van der Waals surface area contributed by atoms with E-state index in [4.69, 9.17) is 15.5 Å². The van der Waals surface area contributed by atoms with E-state index in [1.165, 1.54) is 16.3 Å². The molecule has 26 heavy (non-hydrogen) atoms. The van der Waals surface area contributed by atoms with E-state index in [1.54, 1.807) is 6.92 Å². The number of hydrogen-bond donors (Lipinski definition) is 1. The van der Waals surface area contributed by atoms with Crippen LogP contribution in [-0.4, -0.2) is 35.7 Å². The Kier molecular flexibility index (Phi) is 4.43. The number of hydrogen-bond acceptors (Lipinski definition) is 4. The molecule has 1 saturated heterocycles. The van der Waals surface area contributed by atoms with Crippen molar-refractivity contribution in [3.63, 3.8) is 0 Å². The molecular formula is C20H22NO4P. The highest BCUT2D eigenvalue weighted by Crippen LogP contribution is 2.60. The molecule has 1 heterocycles. The van der Waals surface area contributed by atoms with Crippen molar-refractivity contribution in [1.82, 2.24) is 4.90 Å². The zero-order valence-corrected chi connectivity index (χ0v) is 15.6. The predicted octanol–water partition coefficient (Wildman–Crippen LogP) is 3.53. The molecule has 2 unspecified atom stereocenters. The third kappa shape index (κ3) is 3.20. The molecule has 1 saturated carbocycles. The largest absolute Gasteiger partial charge is 0.474 e. The summed E-state index contributed by atoms with van der Waals surface area (Å²) in [6.07, 6.45) is 5.71. The molecule has 6 heteroatoms. The number of rotatable bonds is 6. The van der Waals surface area contributed by atoms with Gasteiger partial charge in [0, 0.05) is 18.5 Å². The van der Waals surface area contributed by atoms with E-state index >= 15 is 0 Å². The normalized spacial score (nSPS) is 28.3. The van der Waals surface area contributed by atoms with Crippen LogP contribution in [0.1, 0.15) is 18.9 Å². The quantitative estimate of drug-likeness (QED) is 0.622. The Morgan fingerprint density at radius 1 is 1.38 bits per heavy atom. The standard InChI is InChI=1S/C20H22NO4P/c1-3-10-24-26(22,23)25-15(2)21-13-19-12-20(19,14-21)18-9-8-16-6-4-5-7-17(16)11-18/h1,4-9,11,15,19H,10,12-14H2,2H3,(H,22,23)/t15?,19-,20+/m1/s1. The van der Waals surface area contributed by atoms with E-state index in [1.807, 2.05) is 6.07 Å². The first-order valence-electron chi connectivity index (χ1n) is 8.76. The second-order valence-electron chi connectivity index (χ2n) is 7.20. The van der Waals surface area contributed by atoms with Gasteiger partial charge in [-0.1, -0.05) is 48.4 Å². The molecule has 1 aliphatic heterocycles. The molecule has 1 N–H and O–H groups in total. The highest BCUT2D eigenvalue weighted by molar-refractivity contribution is 7.47. The van der Waals surface area contributed by atoms with Crippen molar-refractivity contribution in [2.75, 3.05) is 19.7 Å². The van der Waals surface area contributed by atoms with E-state index < -0.39 is 14.1 Å². The van der Waals surface area contributed by atoms with Gasteiger partial charge in [-0.05, 0) is 35.6 Å². The first kappa shape index (κ1) is 17.7. The van der Waals surface area contributed by atoms with Gasteiger partial charge in [-0.15, -0.1) is 6.42 Å². The van der Waals surface area contributed by atoms with Crippen LogP contribution in [0.2, 0.25) is 0 Å². The van der Waals surface area contributed by atoms with Gasteiger partial charge in [-0.3, -0.25) is 13.9 Å². The van der Waals surface area contributed by atoms with Crippen molar-refractivity contribution in [3.05, 3.63) is 48.0 Å². The average molecular weight is 371 g/mol. The average Bonchev–Trinajstić information content (AvgIpc) is 3.20. The Morgan fingerprint density at radius 2 is 2.15 bits per heavy atom. The maximum atomic E-state index is 11.9. The molecule has 0 aromatic heterocycles. The fraction of sp³-hybridized carbons (Fsp3) is 0.400. The Balaban J connectivity index is 1.48. The number of likely N-dealkylation sites (tertiary alicyclic amines) is 1. The van der Waals surface area contributed by atoms with E-state index in [9.17, 15) is 9.46 Å². The summed E-state index contributed by atoms with van der Waals surface area (Å²) in [5.74, 6) is 2.73. The summed E-state index contributed by atoms with van der Waals surface area (Å²) in [5, 5.41) is 2.48. The van der Waals surface area contributed by atoms with Gasteiger partial charge in [0.2, 0.25) is 0 Å². The van der Waals surface area contributed by atoms with Crippen LogP contribution in [0.5, 0.6) is 0 Å². The van der Waals surface area contributed by atoms with Gasteiger partial charge in [0.05, 0.1) is 0 Å². The Labute approximate surface area is 153 Å². The predicted molar refractivity (Wildman–Crippen MR) is 100 cm³/mol. The SMILES string of the molecule is C#CCOP(=O)(O)OC(C)N1C[C@H]2C[C@@]2(c2ccc3ccccc3c2)C1. The zero-order chi connectivity index (χ0) is 18.4. The molecule has 2 aromatic carbocycles. The fourth-order valence-corrected chi connectivity index (χ4v) is 4.97. The molecular weight excluding hydrogens is 349 g/mol. The van der Waals surface area contributed by atoms with Gasteiger partial charge < -0.3 is 4.89 Å². The molecule has 0 bridgehead atoms. The second-order valence-corrected chi connectivity index (χ2v) is 8.61. The highest BCUT2D eigenvalue weighted by Gasteiger charge is 2.61. The summed E-state index contributed by atoms with van der Waals surface area (Å²) < 4.78 is 21.9. The van der Waals surface area contributed by atoms with Crippen LogP contribution in [0.15, 0.2) is 42.5 Å². The van der Waals surface area contributed by atoms with Crippen LogP contribution in [-0.2, 0) is 19.0 Å². The van der Waals surface area contributed by atoms with Crippen LogP contribution in [0, 0.1) is 18.3 Å². The van der Waals surface area contributed by atoms with Crippen LogP contribution >= 0.6 is 7.82 Å². The first-order chi connectivity index (χ1) is 12.4. The van der Waals surface area contributed by atoms with E-state index in [0.29, 0.717) is 5.92 Å². The molecule has 4 rings (SSSR count). The van der Waals surface area contributed by atoms with Crippen molar-refractivity contribution in [2.24, 2.45) is 5.92 Å². The van der Waals surface area contributed by atoms with Crippen molar-refractivity contribution in [1.29, 1.82) is 0 Å². The molecule has 0 spiro atoms. The first-order valence-corrected chi connectivity index (χ1v) is 10.3. The summed E-state index contributed by atoms with van der Waals surface area (Å²) in [4.78, 5) is 11.8. The number of piperidine rings is 1. The molecule has 2 aliphatic rings. The molecule has 136 valence electrons. The summed E-state index contributed by atoms with van der Waals surface area (Å²) in [7, 11) is -4.13. The molecule has 2 fully saturated rings. The van der Waals surface area contributed by atoms with Crippen LogP contribution < -0.4 is 0 Å². The van der Waals surface area contributed by atoms with Crippen molar-refractivity contribution in [3.8, 4) is 12.3 Å². The third-order valence-electron chi connectivity index (χ3n) is 5.61. The number of benzene rings is 2. The van der Waals surface area contributed by atoms with Crippen molar-refractivity contribution >= 4 is 18.6 Å². The monoisotopic (exact) mass is 371 g/mol. The lowest BCUT2D eigenvalue weighted by Crippen LogP contribution is -2.36. The number of terminal acetylenes is 1. The van der Waals surface area contributed by atoms with Crippen molar-refractivity contribution < 1.29 is 18.5 Å². The van der Waals surface area contributed by atoms with Gasteiger partial charge >= 0.3 is 7.82 Å². The Morgan fingerprint density at radius 3 is 2.92 bits per heavy atom. The molecule has 5 nitrogen and oxygen atoms in total. The summed E-state index contributed by atoms with van der Waals surface area (Å²) in [6.45, 7) is 3.19. The van der Waals surface area contributed by atoms with E-state index in [2.05, 4.69) is 47.2 Å². The summed E-state index contributed by atoms with van der Waals surface area (Å²) in [6, 6.07) is 15.0. The van der Waals surface area contributed by atoms with Crippen LogP contribution in [0.3, 0.4) is 0 Å². The minimum absolute atomic E-state index is 0.126. The highest BCUT2D eigenvalue weighted by atomic mass is 31.2.